The van der Waals surface area contributed by atoms with Gasteiger partial charge in [-0.3, -0.25) is 10.1 Å². The van der Waals surface area contributed by atoms with Crippen LogP contribution in [-0.4, -0.2) is 9.91 Å². The molecule has 0 saturated heterocycles. The molecule has 92 valence electrons. The normalized spacial score (nSPS) is 10.4. The summed E-state index contributed by atoms with van der Waals surface area (Å²) in [6, 6.07) is 8.56. The molecule has 0 fully saturated rings. The summed E-state index contributed by atoms with van der Waals surface area (Å²) in [6.45, 7) is 3.94. The van der Waals surface area contributed by atoms with Crippen LogP contribution in [0.3, 0.4) is 0 Å². The van der Waals surface area contributed by atoms with E-state index in [0.29, 0.717) is 5.69 Å². The number of halogens is 1. The molecule has 4 nitrogen and oxygen atoms in total. The number of nitrogens with zero attached hydrogens (tertiary/aromatic N) is 2. The van der Waals surface area contributed by atoms with Gasteiger partial charge in [0.25, 0.3) is 5.69 Å². The minimum absolute atomic E-state index is 0.0517. The fraction of sp³-hybridized carbons (Fsp3) is 0.154. The van der Waals surface area contributed by atoms with Crippen LogP contribution in [0.2, 0.25) is 5.15 Å². The van der Waals surface area contributed by atoms with E-state index < -0.39 is 4.92 Å². The maximum absolute atomic E-state index is 10.8. The summed E-state index contributed by atoms with van der Waals surface area (Å²) in [5.74, 6) is 0. The van der Waals surface area contributed by atoms with Crippen molar-refractivity contribution in [1.29, 1.82) is 0 Å². The van der Waals surface area contributed by atoms with Gasteiger partial charge in [0.1, 0.15) is 5.15 Å². The second-order valence-electron chi connectivity index (χ2n) is 4.17. The first kappa shape index (κ1) is 12.5. The van der Waals surface area contributed by atoms with Gasteiger partial charge in [-0.2, -0.15) is 0 Å². The van der Waals surface area contributed by atoms with Crippen LogP contribution in [-0.2, 0) is 0 Å². The van der Waals surface area contributed by atoms with Gasteiger partial charge < -0.3 is 0 Å². The minimum atomic E-state index is -0.473. The van der Waals surface area contributed by atoms with Crippen LogP contribution >= 0.6 is 11.6 Å². The molecule has 0 bridgehead atoms. The van der Waals surface area contributed by atoms with Crippen LogP contribution in [0.4, 0.5) is 5.69 Å². The highest BCUT2D eigenvalue weighted by molar-refractivity contribution is 6.29. The van der Waals surface area contributed by atoms with Gasteiger partial charge in [0.2, 0.25) is 0 Å². The van der Waals surface area contributed by atoms with Crippen molar-refractivity contribution in [2.45, 2.75) is 13.8 Å². The van der Waals surface area contributed by atoms with E-state index in [4.69, 9.17) is 11.6 Å². The molecule has 1 aromatic heterocycles. The molecule has 0 unspecified atom stereocenters. The molecule has 0 radical (unpaired) electrons. The zero-order chi connectivity index (χ0) is 13.3. The molecular weight excluding hydrogens is 252 g/mol. The lowest BCUT2D eigenvalue weighted by Crippen LogP contribution is -1.92. The summed E-state index contributed by atoms with van der Waals surface area (Å²) in [6.07, 6.45) is 0. The molecule has 0 spiro atoms. The number of pyridine rings is 1. The van der Waals surface area contributed by atoms with Gasteiger partial charge in [-0.25, -0.2) is 4.98 Å². The molecule has 2 rings (SSSR count). The summed E-state index contributed by atoms with van der Waals surface area (Å²) in [5, 5.41) is 10.9. The van der Waals surface area contributed by atoms with E-state index in [9.17, 15) is 10.1 Å². The zero-order valence-electron chi connectivity index (χ0n) is 9.98. The number of rotatable bonds is 2. The Bertz CT molecular complexity index is 606. The molecule has 5 heteroatoms. The zero-order valence-corrected chi connectivity index (χ0v) is 10.7. The maximum atomic E-state index is 10.8. The first-order chi connectivity index (χ1) is 8.45. The predicted molar refractivity (Wildman–Crippen MR) is 70.8 cm³/mol. The smallest absolute Gasteiger partial charge is 0.258 e. The van der Waals surface area contributed by atoms with Crippen molar-refractivity contribution < 1.29 is 4.92 Å². The Kier molecular flexibility index (Phi) is 3.30. The van der Waals surface area contributed by atoms with E-state index in [-0.39, 0.29) is 10.8 Å². The van der Waals surface area contributed by atoms with Crippen LogP contribution in [0.15, 0.2) is 30.3 Å². The molecule has 18 heavy (non-hydrogen) atoms. The second-order valence-corrected chi connectivity index (χ2v) is 4.55. The summed E-state index contributed by atoms with van der Waals surface area (Å²) in [5.41, 5.74) is 3.45. The van der Waals surface area contributed by atoms with E-state index in [2.05, 4.69) is 4.98 Å². The van der Waals surface area contributed by atoms with Crippen LogP contribution in [0, 0.1) is 24.0 Å². The number of aromatic nitrogens is 1. The van der Waals surface area contributed by atoms with Crippen LogP contribution in [0.5, 0.6) is 0 Å². The van der Waals surface area contributed by atoms with Crippen molar-refractivity contribution in [3.05, 3.63) is 56.7 Å². The second kappa shape index (κ2) is 4.74. The Balaban J connectivity index is 2.59. The van der Waals surface area contributed by atoms with Gasteiger partial charge >= 0.3 is 0 Å². The summed E-state index contributed by atoms with van der Waals surface area (Å²) in [7, 11) is 0. The van der Waals surface area contributed by atoms with Crippen LogP contribution < -0.4 is 0 Å². The van der Waals surface area contributed by atoms with Crippen LogP contribution in [0.25, 0.3) is 11.3 Å². The third-order valence-corrected chi connectivity index (χ3v) is 2.70. The van der Waals surface area contributed by atoms with Crippen LogP contribution in [0.1, 0.15) is 11.1 Å². The molecule has 0 amide bonds. The molecule has 2 aromatic rings. The van der Waals surface area contributed by atoms with Crippen molar-refractivity contribution in [1.82, 2.24) is 4.98 Å². The quantitative estimate of drug-likeness (QED) is 0.468. The average molecular weight is 263 g/mol. The van der Waals surface area contributed by atoms with Crippen molar-refractivity contribution in [3.8, 4) is 11.3 Å². The highest BCUT2D eigenvalue weighted by Gasteiger charge is 2.11. The lowest BCUT2D eigenvalue weighted by atomic mass is 10.0. The highest BCUT2D eigenvalue weighted by Crippen LogP contribution is 2.26. The monoisotopic (exact) mass is 262 g/mol. The van der Waals surface area contributed by atoms with E-state index in [0.717, 1.165) is 16.7 Å². The molecular formula is C13H11ClN2O2. The summed E-state index contributed by atoms with van der Waals surface area (Å²) in [4.78, 5) is 14.4. The van der Waals surface area contributed by atoms with Crippen molar-refractivity contribution in [2.24, 2.45) is 0 Å². The number of nitro groups is 1. The molecule has 1 heterocycles. The Morgan fingerprint density at radius 2 is 1.72 bits per heavy atom. The standard InChI is InChI=1S/C13H11ClN2O2/c1-8-3-9(2)5-10(4-8)12-6-11(16(17)18)7-13(14)15-12/h3-7H,1-2H3. The average Bonchev–Trinajstić information content (AvgIpc) is 2.26. The Hall–Kier alpha value is -1.94. The third-order valence-electron chi connectivity index (χ3n) is 2.51. The predicted octanol–water partition coefficient (Wildman–Crippen LogP) is 3.93. The summed E-state index contributed by atoms with van der Waals surface area (Å²) < 4.78 is 0. The molecule has 0 saturated carbocycles. The molecule has 0 aliphatic carbocycles. The lowest BCUT2D eigenvalue weighted by molar-refractivity contribution is -0.384. The maximum Gasteiger partial charge on any atom is 0.274 e. The molecule has 0 N–H and O–H groups in total. The van der Waals surface area contributed by atoms with Gasteiger partial charge in [0.05, 0.1) is 16.7 Å². The van der Waals surface area contributed by atoms with E-state index >= 15 is 0 Å². The first-order valence-corrected chi connectivity index (χ1v) is 5.74. The molecule has 0 aliphatic heterocycles. The van der Waals surface area contributed by atoms with Gasteiger partial charge in [-0.05, 0) is 26.0 Å². The Morgan fingerprint density at radius 1 is 1.11 bits per heavy atom. The lowest BCUT2D eigenvalue weighted by Gasteiger charge is -2.05. The van der Waals surface area contributed by atoms with Crippen molar-refractivity contribution in [2.75, 3.05) is 0 Å². The van der Waals surface area contributed by atoms with Gasteiger partial charge in [-0.15, -0.1) is 0 Å². The molecule has 0 aliphatic rings. The topological polar surface area (TPSA) is 56.0 Å². The fourth-order valence-corrected chi connectivity index (χ4v) is 2.06. The van der Waals surface area contributed by atoms with E-state index in [1.165, 1.54) is 12.1 Å². The Morgan fingerprint density at radius 3 is 2.28 bits per heavy atom. The largest absolute Gasteiger partial charge is 0.274 e. The SMILES string of the molecule is Cc1cc(C)cc(-c2cc([N+](=O)[O-])cc(Cl)n2)c1. The minimum Gasteiger partial charge on any atom is -0.258 e. The van der Waals surface area contributed by atoms with Gasteiger partial charge in [0, 0.05) is 11.6 Å². The number of benzene rings is 1. The van der Waals surface area contributed by atoms with E-state index in [1.807, 2.05) is 32.0 Å². The van der Waals surface area contributed by atoms with E-state index in [1.54, 1.807) is 0 Å². The molecule has 0 atom stereocenters. The molecule has 1 aromatic carbocycles. The summed E-state index contributed by atoms with van der Waals surface area (Å²) >= 11 is 5.81. The van der Waals surface area contributed by atoms with Crippen molar-refractivity contribution in [3.63, 3.8) is 0 Å². The van der Waals surface area contributed by atoms with Crippen molar-refractivity contribution >= 4 is 17.3 Å². The first-order valence-electron chi connectivity index (χ1n) is 5.36. The Labute approximate surface area is 109 Å². The third kappa shape index (κ3) is 2.65. The van der Waals surface area contributed by atoms with Gasteiger partial charge in [-0.1, -0.05) is 28.8 Å². The number of hydrogen-bond donors (Lipinski definition) is 0. The highest BCUT2D eigenvalue weighted by atomic mass is 35.5. The number of hydrogen-bond acceptors (Lipinski definition) is 3. The fourth-order valence-electron chi connectivity index (χ4n) is 1.86. The number of aryl methyl sites for hydroxylation is 2. The van der Waals surface area contributed by atoms with Gasteiger partial charge in [0.15, 0.2) is 0 Å².